The third-order valence-corrected chi connectivity index (χ3v) is 4.87. The molecule has 0 fully saturated rings. The third kappa shape index (κ3) is 3.49. The fraction of sp³-hybridized carbons (Fsp3) is 0.125. The van der Waals surface area contributed by atoms with Crippen molar-refractivity contribution in [1.82, 2.24) is 9.97 Å². The van der Waals surface area contributed by atoms with Crippen LogP contribution in [0.5, 0.6) is 0 Å². The molecular formula is C24H21N3O. The van der Waals surface area contributed by atoms with Crippen LogP contribution in [0, 0.1) is 6.92 Å². The van der Waals surface area contributed by atoms with Gasteiger partial charge in [0, 0.05) is 16.8 Å². The van der Waals surface area contributed by atoms with E-state index >= 15 is 0 Å². The van der Waals surface area contributed by atoms with Crippen molar-refractivity contribution in [2.45, 2.75) is 20.3 Å². The molecule has 4 rings (SSSR count). The summed E-state index contributed by atoms with van der Waals surface area (Å²) < 4.78 is 0. The number of hydrogen-bond acceptors (Lipinski definition) is 3. The number of para-hydroxylation sites is 2. The van der Waals surface area contributed by atoms with Gasteiger partial charge in [0.25, 0.3) is 5.91 Å². The lowest BCUT2D eigenvalue weighted by atomic mass is 10.0. The molecule has 0 aliphatic rings. The van der Waals surface area contributed by atoms with E-state index < -0.39 is 0 Å². The Labute approximate surface area is 164 Å². The van der Waals surface area contributed by atoms with Crippen molar-refractivity contribution in [3.8, 4) is 11.3 Å². The van der Waals surface area contributed by atoms with Crippen molar-refractivity contribution in [2.24, 2.45) is 0 Å². The Kier molecular flexibility index (Phi) is 4.85. The minimum absolute atomic E-state index is 0.102. The molecule has 1 amide bonds. The van der Waals surface area contributed by atoms with E-state index in [0.29, 0.717) is 5.56 Å². The van der Waals surface area contributed by atoms with E-state index in [2.05, 4.69) is 17.2 Å². The molecule has 0 aliphatic carbocycles. The molecule has 4 aromatic rings. The second kappa shape index (κ2) is 7.61. The van der Waals surface area contributed by atoms with Crippen molar-refractivity contribution in [3.63, 3.8) is 0 Å². The van der Waals surface area contributed by atoms with Crippen molar-refractivity contribution in [2.75, 3.05) is 5.32 Å². The summed E-state index contributed by atoms with van der Waals surface area (Å²) >= 11 is 0. The Morgan fingerprint density at radius 2 is 1.71 bits per heavy atom. The van der Waals surface area contributed by atoms with Gasteiger partial charge in [0.1, 0.15) is 0 Å². The summed E-state index contributed by atoms with van der Waals surface area (Å²) in [6, 6.07) is 21.4. The lowest BCUT2D eigenvalue weighted by molar-refractivity contribution is 0.102. The maximum Gasteiger partial charge on any atom is 0.255 e. The first-order valence-corrected chi connectivity index (χ1v) is 9.38. The summed E-state index contributed by atoms with van der Waals surface area (Å²) in [6.07, 6.45) is 2.60. The quantitative estimate of drug-likeness (QED) is 0.524. The van der Waals surface area contributed by atoms with Gasteiger partial charge in [-0.25, -0.2) is 4.98 Å². The van der Waals surface area contributed by atoms with Crippen LogP contribution in [0.25, 0.3) is 22.3 Å². The molecular weight excluding hydrogens is 346 g/mol. The summed E-state index contributed by atoms with van der Waals surface area (Å²) in [5.74, 6) is -0.102. The summed E-state index contributed by atoms with van der Waals surface area (Å²) in [6.45, 7) is 4.02. The SMILES string of the molecule is CCc1ccc(-c2cnc3ccccc3n2)cc1NC(=O)c1ccccc1C. The van der Waals surface area contributed by atoms with E-state index in [0.717, 1.165) is 45.5 Å². The Balaban J connectivity index is 1.71. The highest BCUT2D eigenvalue weighted by Gasteiger charge is 2.12. The number of nitrogens with zero attached hydrogens (tertiary/aromatic N) is 2. The number of aromatic nitrogens is 2. The number of carbonyl (C=O) groups is 1. The number of benzene rings is 3. The number of nitrogens with one attached hydrogen (secondary N) is 1. The Morgan fingerprint density at radius 1 is 0.964 bits per heavy atom. The molecule has 0 aliphatic heterocycles. The zero-order valence-electron chi connectivity index (χ0n) is 15.9. The summed E-state index contributed by atoms with van der Waals surface area (Å²) in [4.78, 5) is 22.0. The number of anilines is 1. The van der Waals surface area contributed by atoms with Crippen LogP contribution in [0.1, 0.15) is 28.4 Å². The maximum absolute atomic E-state index is 12.8. The van der Waals surface area contributed by atoms with E-state index in [1.165, 1.54) is 0 Å². The number of carbonyl (C=O) groups excluding carboxylic acids is 1. The molecule has 4 heteroatoms. The van der Waals surface area contributed by atoms with Gasteiger partial charge in [0.15, 0.2) is 0 Å². The fourth-order valence-electron chi connectivity index (χ4n) is 3.27. The molecule has 1 aromatic heterocycles. The molecule has 1 N–H and O–H groups in total. The van der Waals surface area contributed by atoms with Crippen LogP contribution in [-0.2, 0) is 6.42 Å². The molecule has 3 aromatic carbocycles. The minimum Gasteiger partial charge on any atom is -0.322 e. The van der Waals surface area contributed by atoms with Gasteiger partial charge < -0.3 is 5.32 Å². The van der Waals surface area contributed by atoms with Crippen LogP contribution in [0.15, 0.2) is 72.9 Å². The molecule has 0 radical (unpaired) electrons. The average molecular weight is 367 g/mol. The number of aryl methyl sites for hydroxylation is 2. The zero-order valence-corrected chi connectivity index (χ0v) is 15.9. The molecule has 28 heavy (non-hydrogen) atoms. The van der Waals surface area contributed by atoms with Crippen molar-refractivity contribution in [3.05, 3.63) is 89.6 Å². The van der Waals surface area contributed by atoms with E-state index in [-0.39, 0.29) is 5.91 Å². The molecule has 0 spiro atoms. The highest BCUT2D eigenvalue weighted by atomic mass is 16.1. The molecule has 0 saturated carbocycles. The van der Waals surface area contributed by atoms with E-state index in [1.54, 1.807) is 6.20 Å². The summed E-state index contributed by atoms with van der Waals surface area (Å²) in [5.41, 5.74) is 6.95. The molecule has 138 valence electrons. The third-order valence-electron chi connectivity index (χ3n) is 4.87. The van der Waals surface area contributed by atoms with Gasteiger partial charge in [-0.15, -0.1) is 0 Å². The fourth-order valence-corrected chi connectivity index (χ4v) is 3.27. The standard InChI is InChI=1S/C24H21N3O/c1-3-17-12-13-18(23-15-25-20-10-6-7-11-21(20)26-23)14-22(17)27-24(28)19-9-5-4-8-16(19)2/h4-15H,3H2,1-2H3,(H,27,28). The average Bonchev–Trinajstić information content (AvgIpc) is 2.73. The first-order valence-electron chi connectivity index (χ1n) is 9.38. The van der Waals surface area contributed by atoms with Gasteiger partial charge in [0.2, 0.25) is 0 Å². The molecule has 0 unspecified atom stereocenters. The highest BCUT2D eigenvalue weighted by Crippen LogP contribution is 2.26. The van der Waals surface area contributed by atoms with Gasteiger partial charge >= 0.3 is 0 Å². The first-order chi connectivity index (χ1) is 13.7. The van der Waals surface area contributed by atoms with Crippen LogP contribution in [0.4, 0.5) is 5.69 Å². The second-order valence-corrected chi connectivity index (χ2v) is 6.74. The summed E-state index contributed by atoms with van der Waals surface area (Å²) in [5, 5.41) is 3.08. The Bertz CT molecular complexity index is 1170. The van der Waals surface area contributed by atoms with Gasteiger partial charge in [-0.05, 0) is 48.7 Å². The van der Waals surface area contributed by atoms with Gasteiger partial charge in [-0.2, -0.15) is 0 Å². The number of rotatable bonds is 4. The summed E-state index contributed by atoms with van der Waals surface area (Å²) in [7, 11) is 0. The smallest absolute Gasteiger partial charge is 0.255 e. The van der Waals surface area contributed by atoms with E-state index in [9.17, 15) is 4.79 Å². The van der Waals surface area contributed by atoms with Crippen molar-refractivity contribution >= 4 is 22.6 Å². The monoisotopic (exact) mass is 367 g/mol. The van der Waals surface area contributed by atoms with E-state index in [4.69, 9.17) is 4.98 Å². The first kappa shape index (κ1) is 17.9. The number of fused-ring (bicyclic) bond motifs is 1. The minimum atomic E-state index is -0.102. The Hall–Kier alpha value is -3.53. The van der Waals surface area contributed by atoms with Crippen LogP contribution in [0.2, 0.25) is 0 Å². The Morgan fingerprint density at radius 3 is 2.50 bits per heavy atom. The molecule has 4 nitrogen and oxygen atoms in total. The van der Waals surface area contributed by atoms with Crippen molar-refractivity contribution < 1.29 is 4.79 Å². The van der Waals surface area contributed by atoms with Crippen LogP contribution in [-0.4, -0.2) is 15.9 Å². The normalized spacial score (nSPS) is 10.8. The predicted molar refractivity (Wildman–Crippen MR) is 113 cm³/mol. The topological polar surface area (TPSA) is 54.9 Å². The van der Waals surface area contributed by atoms with Crippen LogP contribution >= 0.6 is 0 Å². The molecule has 0 bridgehead atoms. The second-order valence-electron chi connectivity index (χ2n) is 6.74. The molecule has 0 saturated heterocycles. The number of hydrogen-bond donors (Lipinski definition) is 1. The van der Waals surface area contributed by atoms with E-state index in [1.807, 2.05) is 73.7 Å². The van der Waals surface area contributed by atoms with Crippen molar-refractivity contribution in [1.29, 1.82) is 0 Å². The maximum atomic E-state index is 12.8. The number of amides is 1. The molecule has 1 heterocycles. The van der Waals surface area contributed by atoms with Gasteiger partial charge in [-0.1, -0.05) is 49.4 Å². The van der Waals surface area contributed by atoms with Crippen LogP contribution in [0.3, 0.4) is 0 Å². The highest BCUT2D eigenvalue weighted by molar-refractivity contribution is 6.05. The predicted octanol–water partition coefficient (Wildman–Crippen LogP) is 5.42. The largest absolute Gasteiger partial charge is 0.322 e. The van der Waals surface area contributed by atoms with Gasteiger partial charge in [-0.3, -0.25) is 9.78 Å². The molecule has 0 atom stereocenters. The van der Waals surface area contributed by atoms with Gasteiger partial charge in [0.05, 0.1) is 22.9 Å². The lowest BCUT2D eigenvalue weighted by Gasteiger charge is -2.13. The zero-order chi connectivity index (χ0) is 19.5. The lowest BCUT2D eigenvalue weighted by Crippen LogP contribution is -2.14. The van der Waals surface area contributed by atoms with Crippen LogP contribution < -0.4 is 5.32 Å².